The van der Waals surface area contributed by atoms with Gasteiger partial charge in [-0.1, -0.05) is 43.2 Å². The molecule has 2 amide bonds. The Morgan fingerprint density at radius 2 is 1.90 bits per heavy atom. The number of carbonyl (C=O) groups excluding carboxylic acids is 2. The largest absolute Gasteiger partial charge is 0.497 e. The van der Waals surface area contributed by atoms with Crippen LogP contribution in [0.5, 0.6) is 11.5 Å². The smallest absolute Gasteiger partial charge is 0.261 e. The molecule has 2 rings (SSSR count). The average Bonchev–Trinajstić information content (AvgIpc) is 2.76. The number of nitrogens with one attached hydrogen (secondary N) is 1. The quantitative estimate of drug-likeness (QED) is 0.551. The van der Waals surface area contributed by atoms with Crippen LogP contribution in [-0.2, 0) is 16.1 Å². The first-order valence-corrected chi connectivity index (χ1v) is 10.8. The number of rotatable bonds is 11. The molecule has 0 unspecified atom stereocenters. The second-order valence-electron chi connectivity index (χ2n) is 7.75. The summed E-state index contributed by atoms with van der Waals surface area (Å²) in [6.45, 7) is 8.52. The molecule has 0 heterocycles. The second-order valence-corrected chi connectivity index (χ2v) is 7.75. The molecule has 0 radical (unpaired) electrons. The van der Waals surface area contributed by atoms with Crippen molar-refractivity contribution >= 4 is 11.8 Å². The lowest BCUT2D eigenvalue weighted by Crippen LogP contribution is -2.49. The van der Waals surface area contributed by atoms with E-state index in [0.29, 0.717) is 18.0 Å². The fourth-order valence-electron chi connectivity index (χ4n) is 3.27. The molecule has 0 saturated carbocycles. The summed E-state index contributed by atoms with van der Waals surface area (Å²) in [5.74, 6) is 0.953. The number of ether oxygens (including phenoxy) is 2. The number of nitrogens with zero attached hydrogens (tertiary/aromatic N) is 1. The molecular formula is C25H34N2O4. The van der Waals surface area contributed by atoms with E-state index in [1.807, 2.05) is 56.3 Å². The van der Waals surface area contributed by atoms with Crippen molar-refractivity contribution in [2.24, 2.45) is 0 Å². The van der Waals surface area contributed by atoms with E-state index >= 15 is 0 Å². The monoisotopic (exact) mass is 426 g/mol. The molecule has 168 valence electrons. The van der Waals surface area contributed by atoms with Gasteiger partial charge in [0, 0.05) is 13.1 Å². The standard InChI is InChI=1S/C25H34N2O4/c1-6-7-13-26-25(29)20(4)27(16-21-9-8-10-22(15-21)30-5)24(28)17-31-23-12-11-18(2)14-19(23)3/h8-12,14-15,20H,6-7,13,16-17H2,1-5H3,(H,26,29)/t20-/m1/s1. The first kappa shape index (κ1) is 24.3. The van der Waals surface area contributed by atoms with Crippen LogP contribution in [0.3, 0.4) is 0 Å². The zero-order valence-corrected chi connectivity index (χ0v) is 19.2. The Labute approximate surface area is 185 Å². The number of hydrogen-bond acceptors (Lipinski definition) is 4. The van der Waals surface area contributed by atoms with E-state index in [1.165, 1.54) is 0 Å². The van der Waals surface area contributed by atoms with Gasteiger partial charge in [0.2, 0.25) is 5.91 Å². The molecule has 31 heavy (non-hydrogen) atoms. The van der Waals surface area contributed by atoms with Crippen molar-refractivity contribution in [3.05, 3.63) is 59.2 Å². The normalized spacial score (nSPS) is 11.5. The van der Waals surface area contributed by atoms with Crippen molar-refractivity contribution in [2.75, 3.05) is 20.3 Å². The van der Waals surface area contributed by atoms with Gasteiger partial charge in [0.25, 0.3) is 5.91 Å². The van der Waals surface area contributed by atoms with Crippen molar-refractivity contribution in [3.8, 4) is 11.5 Å². The maximum absolute atomic E-state index is 13.1. The molecule has 0 aromatic heterocycles. The fraction of sp³-hybridized carbons (Fsp3) is 0.440. The highest BCUT2D eigenvalue weighted by molar-refractivity contribution is 5.88. The van der Waals surface area contributed by atoms with Gasteiger partial charge in [0.15, 0.2) is 6.61 Å². The molecule has 1 N–H and O–H groups in total. The van der Waals surface area contributed by atoms with Crippen LogP contribution < -0.4 is 14.8 Å². The maximum atomic E-state index is 13.1. The first-order valence-electron chi connectivity index (χ1n) is 10.8. The summed E-state index contributed by atoms with van der Waals surface area (Å²) in [7, 11) is 1.60. The van der Waals surface area contributed by atoms with E-state index in [1.54, 1.807) is 18.9 Å². The number of aryl methyl sites for hydroxylation is 2. The molecule has 1 atom stereocenters. The van der Waals surface area contributed by atoms with Crippen molar-refractivity contribution < 1.29 is 19.1 Å². The summed E-state index contributed by atoms with van der Waals surface area (Å²) in [5.41, 5.74) is 2.98. The molecule has 0 saturated heterocycles. The minimum atomic E-state index is -0.627. The molecule has 0 aliphatic carbocycles. The van der Waals surface area contributed by atoms with Crippen LogP contribution in [0.15, 0.2) is 42.5 Å². The fourth-order valence-corrected chi connectivity index (χ4v) is 3.27. The second kappa shape index (κ2) is 12.0. The number of benzene rings is 2. The van der Waals surface area contributed by atoms with Crippen molar-refractivity contribution in [1.82, 2.24) is 10.2 Å². The van der Waals surface area contributed by atoms with Gasteiger partial charge in [0.1, 0.15) is 17.5 Å². The molecule has 2 aromatic carbocycles. The Hall–Kier alpha value is -3.02. The first-order chi connectivity index (χ1) is 14.8. The molecule has 0 aliphatic rings. The third-order valence-electron chi connectivity index (χ3n) is 5.17. The van der Waals surface area contributed by atoms with Crippen molar-refractivity contribution in [1.29, 1.82) is 0 Å². The van der Waals surface area contributed by atoms with Crippen LogP contribution >= 0.6 is 0 Å². The van der Waals surface area contributed by atoms with E-state index in [4.69, 9.17) is 9.47 Å². The zero-order valence-electron chi connectivity index (χ0n) is 19.2. The minimum absolute atomic E-state index is 0.138. The summed E-state index contributed by atoms with van der Waals surface area (Å²) >= 11 is 0. The van der Waals surface area contributed by atoms with Gasteiger partial charge < -0.3 is 19.7 Å². The molecule has 2 aromatic rings. The number of unbranched alkanes of at least 4 members (excludes halogenated alkanes) is 1. The Bertz CT molecular complexity index is 882. The Kier molecular flexibility index (Phi) is 9.38. The van der Waals surface area contributed by atoms with Gasteiger partial charge in [-0.25, -0.2) is 0 Å². The average molecular weight is 427 g/mol. The topological polar surface area (TPSA) is 67.9 Å². The zero-order chi connectivity index (χ0) is 22.8. The van der Waals surface area contributed by atoms with E-state index in [2.05, 4.69) is 12.2 Å². The number of hydrogen-bond donors (Lipinski definition) is 1. The van der Waals surface area contributed by atoms with Gasteiger partial charge in [-0.2, -0.15) is 0 Å². The molecular weight excluding hydrogens is 392 g/mol. The van der Waals surface area contributed by atoms with Gasteiger partial charge in [-0.05, 0) is 56.5 Å². The highest BCUT2D eigenvalue weighted by atomic mass is 16.5. The molecule has 0 fully saturated rings. The third-order valence-corrected chi connectivity index (χ3v) is 5.17. The maximum Gasteiger partial charge on any atom is 0.261 e. The Morgan fingerprint density at radius 1 is 1.13 bits per heavy atom. The van der Waals surface area contributed by atoms with Crippen LogP contribution in [0.25, 0.3) is 0 Å². The summed E-state index contributed by atoms with van der Waals surface area (Å²) < 4.78 is 11.1. The third kappa shape index (κ3) is 7.31. The lowest BCUT2D eigenvalue weighted by molar-refractivity contribution is -0.142. The van der Waals surface area contributed by atoms with E-state index in [0.717, 1.165) is 29.5 Å². The molecule has 0 aliphatic heterocycles. The predicted octanol–water partition coefficient (Wildman–Crippen LogP) is 4.02. The highest BCUT2D eigenvalue weighted by Gasteiger charge is 2.26. The van der Waals surface area contributed by atoms with Gasteiger partial charge in [-0.3, -0.25) is 9.59 Å². The van der Waals surface area contributed by atoms with Crippen LogP contribution in [0.4, 0.5) is 0 Å². The van der Waals surface area contributed by atoms with Crippen molar-refractivity contribution in [3.63, 3.8) is 0 Å². The van der Waals surface area contributed by atoms with Gasteiger partial charge in [0.05, 0.1) is 7.11 Å². The molecule has 0 bridgehead atoms. The lowest BCUT2D eigenvalue weighted by Gasteiger charge is -2.29. The van der Waals surface area contributed by atoms with E-state index < -0.39 is 6.04 Å². The number of carbonyl (C=O) groups is 2. The summed E-state index contributed by atoms with van der Waals surface area (Å²) in [6, 6.07) is 12.7. The summed E-state index contributed by atoms with van der Waals surface area (Å²) in [5, 5.41) is 2.92. The Balaban J connectivity index is 2.16. The predicted molar refractivity (Wildman–Crippen MR) is 122 cm³/mol. The molecule has 6 nitrogen and oxygen atoms in total. The van der Waals surface area contributed by atoms with Crippen LogP contribution in [0.2, 0.25) is 0 Å². The minimum Gasteiger partial charge on any atom is -0.497 e. The summed E-state index contributed by atoms with van der Waals surface area (Å²) in [6.07, 6.45) is 1.89. The molecule has 6 heteroatoms. The molecule has 0 spiro atoms. The van der Waals surface area contributed by atoms with Crippen LogP contribution in [-0.4, -0.2) is 43.0 Å². The SMILES string of the molecule is CCCCNC(=O)[C@@H](C)N(Cc1cccc(OC)c1)C(=O)COc1ccc(C)cc1C. The highest BCUT2D eigenvalue weighted by Crippen LogP contribution is 2.20. The van der Waals surface area contributed by atoms with Crippen LogP contribution in [0, 0.1) is 13.8 Å². The number of methoxy groups -OCH3 is 1. The van der Waals surface area contributed by atoms with Crippen molar-refractivity contribution in [2.45, 2.75) is 53.1 Å². The lowest BCUT2D eigenvalue weighted by atomic mass is 10.1. The summed E-state index contributed by atoms with van der Waals surface area (Å²) in [4.78, 5) is 27.3. The number of amides is 2. The van der Waals surface area contributed by atoms with Gasteiger partial charge >= 0.3 is 0 Å². The van der Waals surface area contributed by atoms with Crippen LogP contribution in [0.1, 0.15) is 43.4 Å². The Morgan fingerprint density at radius 3 is 2.58 bits per heavy atom. The van der Waals surface area contributed by atoms with Gasteiger partial charge in [-0.15, -0.1) is 0 Å². The van der Waals surface area contributed by atoms with E-state index in [9.17, 15) is 9.59 Å². The van der Waals surface area contributed by atoms with E-state index in [-0.39, 0.29) is 25.0 Å².